The molecule has 0 aliphatic carbocycles. The number of likely N-dealkylation sites (N-methyl/N-ethyl adjacent to an activating group) is 1. The summed E-state index contributed by atoms with van der Waals surface area (Å²) in [5.41, 5.74) is 1.73. The molecule has 1 aromatic rings. The molecule has 92 valence electrons. The highest BCUT2D eigenvalue weighted by Crippen LogP contribution is 2.25. The topological polar surface area (TPSA) is 32.3 Å². The molecule has 17 heavy (non-hydrogen) atoms. The first-order chi connectivity index (χ1) is 8.04. The summed E-state index contributed by atoms with van der Waals surface area (Å²) in [5, 5.41) is 3.31. The second-order valence-electron chi connectivity index (χ2n) is 5.01. The van der Waals surface area contributed by atoms with Crippen LogP contribution in [0.5, 0.6) is 0 Å². The van der Waals surface area contributed by atoms with Gasteiger partial charge < -0.3 is 10.2 Å². The van der Waals surface area contributed by atoms with Crippen LogP contribution in [-0.4, -0.2) is 25.0 Å². The summed E-state index contributed by atoms with van der Waals surface area (Å²) >= 11 is 0. The maximum absolute atomic E-state index is 12.5. The number of carbonyl (C=O) groups excluding carboxylic acids is 1. The van der Waals surface area contributed by atoms with Crippen LogP contribution in [0.2, 0.25) is 0 Å². The Morgan fingerprint density at radius 1 is 1.41 bits per heavy atom. The standard InChI is InChI=1S/C14H20N2O/c1-11-7-4-5-8-12(11)16(3)13(17)14(2)9-6-10-15-14/h4-5,7-8,15H,6,9-10H2,1-3H3. The van der Waals surface area contributed by atoms with E-state index in [1.54, 1.807) is 4.90 Å². The lowest BCUT2D eigenvalue weighted by atomic mass is 9.98. The lowest BCUT2D eigenvalue weighted by Gasteiger charge is -2.30. The molecule has 0 bridgehead atoms. The van der Waals surface area contributed by atoms with E-state index in [1.807, 2.05) is 45.2 Å². The third-order valence-electron chi connectivity index (χ3n) is 3.62. The largest absolute Gasteiger partial charge is 0.314 e. The Hall–Kier alpha value is -1.35. The van der Waals surface area contributed by atoms with Crippen molar-refractivity contribution in [1.29, 1.82) is 0 Å². The van der Waals surface area contributed by atoms with Crippen LogP contribution in [0.3, 0.4) is 0 Å². The molecular formula is C14H20N2O. The Bertz CT molecular complexity index is 422. The summed E-state index contributed by atoms with van der Waals surface area (Å²) in [4.78, 5) is 14.3. The lowest BCUT2D eigenvalue weighted by molar-refractivity contribution is -0.123. The molecule has 1 unspecified atom stereocenters. The van der Waals surface area contributed by atoms with Crippen LogP contribution >= 0.6 is 0 Å². The van der Waals surface area contributed by atoms with Crippen LogP contribution in [0.25, 0.3) is 0 Å². The van der Waals surface area contributed by atoms with Crippen LogP contribution < -0.4 is 10.2 Å². The van der Waals surface area contributed by atoms with Crippen LogP contribution in [0.1, 0.15) is 25.3 Å². The van der Waals surface area contributed by atoms with E-state index in [2.05, 4.69) is 5.32 Å². The van der Waals surface area contributed by atoms with Gasteiger partial charge in [-0.25, -0.2) is 0 Å². The fourth-order valence-electron chi connectivity index (χ4n) is 2.50. The summed E-state index contributed by atoms with van der Waals surface area (Å²) in [6.07, 6.45) is 1.99. The minimum atomic E-state index is -0.392. The van der Waals surface area contributed by atoms with Crippen molar-refractivity contribution in [3.63, 3.8) is 0 Å². The van der Waals surface area contributed by atoms with Gasteiger partial charge in [0, 0.05) is 12.7 Å². The molecule has 1 saturated heterocycles. The number of aryl methyl sites for hydroxylation is 1. The van der Waals surface area contributed by atoms with E-state index in [4.69, 9.17) is 0 Å². The number of hydrogen-bond donors (Lipinski definition) is 1. The maximum atomic E-state index is 12.5. The van der Waals surface area contributed by atoms with Crippen LogP contribution in [0, 0.1) is 6.92 Å². The summed E-state index contributed by atoms with van der Waals surface area (Å²) < 4.78 is 0. The Labute approximate surface area is 103 Å². The van der Waals surface area contributed by atoms with Crippen LogP contribution in [0.15, 0.2) is 24.3 Å². The summed E-state index contributed by atoms with van der Waals surface area (Å²) in [6, 6.07) is 7.98. The highest BCUT2D eigenvalue weighted by atomic mass is 16.2. The van der Waals surface area contributed by atoms with E-state index in [-0.39, 0.29) is 5.91 Å². The predicted octanol–water partition coefficient (Wildman–Crippen LogP) is 2.10. The summed E-state index contributed by atoms with van der Waals surface area (Å²) in [6.45, 7) is 4.96. The van der Waals surface area contributed by atoms with Gasteiger partial charge in [-0.2, -0.15) is 0 Å². The number of carbonyl (C=O) groups is 1. The van der Waals surface area contributed by atoms with Gasteiger partial charge in [0.2, 0.25) is 5.91 Å². The van der Waals surface area contributed by atoms with Crippen molar-refractivity contribution in [2.75, 3.05) is 18.5 Å². The molecule has 3 nitrogen and oxygen atoms in total. The normalized spacial score (nSPS) is 23.7. The molecule has 1 atom stereocenters. The quantitative estimate of drug-likeness (QED) is 0.847. The molecule has 0 radical (unpaired) electrons. The molecule has 1 amide bonds. The van der Waals surface area contributed by atoms with E-state index < -0.39 is 5.54 Å². The third kappa shape index (κ3) is 2.20. The highest BCUT2D eigenvalue weighted by molar-refractivity contribution is 6.00. The first-order valence-corrected chi connectivity index (χ1v) is 6.13. The van der Waals surface area contributed by atoms with Gasteiger partial charge in [-0.15, -0.1) is 0 Å². The second-order valence-corrected chi connectivity index (χ2v) is 5.01. The number of nitrogens with zero attached hydrogens (tertiary/aromatic N) is 1. The zero-order valence-corrected chi connectivity index (χ0v) is 10.8. The number of para-hydroxylation sites is 1. The van der Waals surface area contributed by atoms with Crippen LogP contribution in [-0.2, 0) is 4.79 Å². The van der Waals surface area contributed by atoms with Crippen molar-refractivity contribution in [3.8, 4) is 0 Å². The molecule has 1 aliphatic heterocycles. The summed E-state index contributed by atoms with van der Waals surface area (Å²) in [7, 11) is 1.86. The number of rotatable bonds is 2. The van der Waals surface area contributed by atoms with Gasteiger partial charge in [0.25, 0.3) is 0 Å². The van der Waals surface area contributed by atoms with Gasteiger partial charge in [0.15, 0.2) is 0 Å². The Balaban J connectivity index is 2.23. The Morgan fingerprint density at radius 2 is 2.12 bits per heavy atom. The maximum Gasteiger partial charge on any atom is 0.246 e. The van der Waals surface area contributed by atoms with Crippen molar-refractivity contribution in [2.45, 2.75) is 32.2 Å². The minimum Gasteiger partial charge on any atom is -0.314 e. The van der Waals surface area contributed by atoms with E-state index in [0.29, 0.717) is 0 Å². The van der Waals surface area contributed by atoms with Gasteiger partial charge in [-0.05, 0) is 44.9 Å². The predicted molar refractivity (Wildman–Crippen MR) is 70.2 cm³/mol. The first kappa shape index (κ1) is 12.1. The molecule has 0 aromatic heterocycles. The number of amides is 1. The first-order valence-electron chi connectivity index (χ1n) is 6.13. The molecular weight excluding hydrogens is 212 g/mol. The van der Waals surface area contributed by atoms with Crippen molar-refractivity contribution in [1.82, 2.24) is 5.32 Å². The minimum absolute atomic E-state index is 0.157. The smallest absolute Gasteiger partial charge is 0.246 e. The number of nitrogens with one attached hydrogen (secondary N) is 1. The Morgan fingerprint density at radius 3 is 2.71 bits per heavy atom. The average Bonchev–Trinajstić information content (AvgIpc) is 2.76. The molecule has 0 spiro atoms. The summed E-state index contributed by atoms with van der Waals surface area (Å²) in [5.74, 6) is 0.157. The van der Waals surface area contributed by atoms with E-state index in [9.17, 15) is 4.79 Å². The highest BCUT2D eigenvalue weighted by Gasteiger charge is 2.38. The molecule has 1 heterocycles. The van der Waals surface area contributed by atoms with E-state index in [0.717, 1.165) is 30.6 Å². The molecule has 1 N–H and O–H groups in total. The van der Waals surface area contributed by atoms with Gasteiger partial charge in [0.05, 0.1) is 5.54 Å². The number of benzene rings is 1. The molecule has 2 rings (SSSR count). The lowest BCUT2D eigenvalue weighted by Crippen LogP contribution is -2.52. The van der Waals surface area contributed by atoms with Gasteiger partial charge in [-0.3, -0.25) is 4.79 Å². The second kappa shape index (κ2) is 4.49. The van der Waals surface area contributed by atoms with Crippen molar-refractivity contribution >= 4 is 11.6 Å². The van der Waals surface area contributed by atoms with Crippen molar-refractivity contribution < 1.29 is 4.79 Å². The number of anilines is 1. The molecule has 1 fully saturated rings. The number of hydrogen-bond acceptors (Lipinski definition) is 2. The van der Waals surface area contributed by atoms with Crippen molar-refractivity contribution in [2.24, 2.45) is 0 Å². The average molecular weight is 232 g/mol. The van der Waals surface area contributed by atoms with E-state index in [1.165, 1.54) is 0 Å². The zero-order chi connectivity index (χ0) is 12.5. The zero-order valence-electron chi connectivity index (χ0n) is 10.8. The van der Waals surface area contributed by atoms with Crippen molar-refractivity contribution in [3.05, 3.63) is 29.8 Å². The molecule has 0 saturated carbocycles. The van der Waals surface area contributed by atoms with E-state index >= 15 is 0 Å². The van der Waals surface area contributed by atoms with Gasteiger partial charge >= 0.3 is 0 Å². The Kier molecular flexibility index (Phi) is 3.20. The van der Waals surface area contributed by atoms with Gasteiger partial charge in [-0.1, -0.05) is 18.2 Å². The SMILES string of the molecule is Cc1ccccc1N(C)C(=O)C1(C)CCCN1. The third-order valence-corrected chi connectivity index (χ3v) is 3.62. The monoisotopic (exact) mass is 232 g/mol. The fourth-order valence-corrected chi connectivity index (χ4v) is 2.50. The molecule has 1 aliphatic rings. The molecule has 1 aromatic carbocycles. The van der Waals surface area contributed by atoms with Gasteiger partial charge in [0.1, 0.15) is 0 Å². The fraction of sp³-hybridized carbons (Fsp3) is 0.500. The van der Waals surface area contributed by atoms with Crippen LogP contribution in [0.4, 0.5) is 5.69 Å². The molecule has 3 heteroatoms.